The summed E-state index contributed by atoms with van der Waals surface area (Å²) in [5.41, 5.74) is 1.14. The van der Waals surface area contributed by atoms with E-state index in [2.05, 4.69) is 11.9 Å². The molecule has 0 aromatic heterocycles. The number of para-hydroxylation sites is 1. The predicted octanol–water partition coefficient (Wildman–Crippen LogP) is 1.37. The summed E-state index contributed by atoms with van der Waals surface area (Å²) in [5.74, 6) is 0. The van der Waals surface area contributed by atoms with E-state index in [9.17, 15) is 0 Å². The summed E-state index contributed by atoms with van der Waals surface area (Å²) in [5, 5.41) is 3.18. The van der Waals surface area contributed by atoms with Gasteiger partial charge in [0.15, 0.2) is 0 Å². The van der Waals surface area contributed by atoms with Gasteiger partial charge in [-0.05, 0) is 12.1 Å². The second-order valence-corrected chi connectivity index (χ2v) is 2.04. The van der Waals surface area contributed by atoms with Gasteiger partial charge in [0, 0.05) is 12.2 Å². The van der Waals surface area contributed by atoms with Crippen molar-refractivity contribution in [2.45, 2.75) is 0 Å². The second-order valence-electron chi connectivity index (χ2n) is 2.04. The molecule has 0 aliphatic carbocycles. The first-order chi connectivity index (χ1) is 4.93. The van der Waals surface area contributed by atoms with Gasteiger partial charge in [-0.25, -0.2) is 0 Å². The molecule has 0 radical (unpaired) electrons. The Balaban J connectivity index is 0.000001000. The summed E-state index contributed by atoms with van der Waals surface area (Å²) in [6, 6.07) is 10.1. The number of hydrogen-bond acceptors (Lipinski definition) is 1. The summed E-state index contributed by atoms with van der Waals surface area (Å²) in [6.07, 6.45) is 1.84. The standard InChI is InChI=1S/C9H11N.Ca.2H/c1-2-8-10-9-6-4-3-5-7-9;;;/h2-7,10H,1,8H2;;;. The maximum absolute atomic E-state index is 3.61. The average Bonchev–Trinajstić information content (AvgIpc) is 2.03. The predicted molar refractivity (Wildman–Crippen MR) is 53.7 cm³/mol. The van der Waals surface area contributed by atoms with E-state index in [0.717, 1.165) is 12.2 Å². The van der Waals surface area contributed by atoms with Crippen molar-refractivity contribution in [1.82, 2.24) is 0 Å². The molecule has 0 atom stereocenters. The van der Waals surface area contributed by atoms with Gasteiger partial charge in [0.25, 0.3) is 0 Å². The molecule has 0 aliphatic heterocycles. The van der Waals surface area contributed by atoms with Gasteiger partial charge in [0.1, 0.15) is 0 Å². The molecule has 11 heavy (non-hydrogen) atoms. The van der Waals surface area contributed by atoms with Crippen molar-refractivity contribution in [2.75, 3.05) is 11.9 Å². The zero-order valence-corrected chi connectivity index (χ0v) is 5.88. The molecule has 0 heterocycles. The van der Waals surface area contributed by atoms with E-state index >= 15 is 0 Å². The first-order valence-corrected chi connectivity index (χ1v) is 3.33. The molecule has 1 aromatic carbocycles. The van der Waals surface area contributed by atoms with Crippen LogP contribution in [0.4, 0.5) is 5.69 Å². The minimum absolute atomic E-state index is 0. The van der Waals surface area contributed by atoms with Gasteiger partial charge in [0.2, 0.25) is 0 Å². The SMILES string of the molecule is C=CCNc1ccccc1.[CaH2]. The Labute approximate surface area is 97.5 Å². The minimum atomic E-state index is 0. The van der Waals surface area contributed by atoms with Gasteiger partial charge in [-0.3, -0.25) is 0 Å². The first kappa shape index (κ1) is 11.0. The van der Waals surface area contributed by atoms with Crippen LogP contribution in [0.3, 0.4) is 0 Å². The molecule has 0 saturated carbocycles. The number of benzene rings is 1. The van der Waals surface area contributed by atoms with Gasteiger partial charge in [-0.15, -0.1) is 6.58 Å². The van der Waals surface area contributed by atoms with E-state index in [1.807, 2.05) is 36.4 Å². The molecule has 0 fully saturated rings. The first-order valence-electron chi connectivity index (χ1n) is 3.33. The molecule has 56 valence electrons. The van der Waals surface area contributed by atoms with Gasteiger partial charge < -0.3 is 5.32 Å². The van der Waals surface area contributed by atoms with Crippen LogP contribution in [0.15, 0.2) is 43.0 Å². The van der Waals surface area contributed by atoms with Crippen molar-refractivity contribution >= 4 is 43.4 Å². The number of rotatable bonds is 3. The monoisotopic (exact) mass is 175 g/mol. The molecule has 1 aromatic rings. The van der Waals surface area contributed by atoms with E-state index in [-0.39, 0.29) is 37.7 Å². The molecule has 0 spiro atoms. The number of nitrogens with one attached hydrogen (secondary N) is 1. The fraction of sp³-hybridized carbons (Fsp3) is 0.111. The molecule has 0 unspecified atom stereocenters. The Bertz CT molecular complexity index is 196. The van der Waals surface area contributed by atoms with Crippen molar-refractivity contribution in [3.63, 3.8) is 0 Å². The number of hydrogen-bond donors (Lipinski definition) is 1. The summed E-state index contributed by atoms with van der Waals surface area (Å²) < 4.78 is 0. The van der Waals surface area contributed by atoms with E-state index in [0.29, 0.717) is 0 Å². The van der Waals surface area contributed by atoms with Gasteiger partial charge >= 0.3 is 37.7 Å². The van der Waals surface area contributed by atoms with Crippen LogP contribution in [0.2, 0.25) is 0 Å². The van der Waals surface area contributed by atoms with Crippen LogP contribution in [-0.4, -0.2) is 44.3 Å². The summed E-state index contributed by atoms with van der Waals surface area (Å²) in [4.78, 5) is 0. The van der Waals surface area contributed by atoms with Crippen LogP contribution >= 0.6 is 0 Å². The van der Waals surface area contributed by atoms with Crippen LogP contribution in [-0.2, 0) is 0 Å². The van der Waals surface area contributed by atoms with Crippen LogP contribution in [0.25, 0.3) is 0 Å². The molecule has 0 aliphatic rings. The summed E-state index contributed by atoms with van der Waals surface area (Å²) in [7, 11) is 0. The summed E-state index contributed by atoms with van der Waals surface area (Å²) >= 11 is 0. The fourth-order valence-corrected chi connectivity index (χ4v) is 0.746. The molecule has 2 heteroatoms. The van der Waals surface area contributed by atoms with Crippen LogP contribution in [0, 0.1) is 0 Å². The van der Waals surface area contributed by atoms with E-state index in [1.165, 1.54) is 0 Å². The maximum atomic E-state index is 3.61. The molecular weight excluding hydrogens is 162 g/mol. The third-order valence-corrected chi connectivity index (χ3v) is 1.22. The molecule has 0 bridgehead atoms. The molecular formula is C9H13CaN. The second kappa shape index (κ2) is 6.71. The van der Waals surface area contributed by atoms with Crippen molar-refractivity contribution in [3.05, 3.63) is 43.0 Å². The van der Waals surface area contributed by atoms with Crippen molar-refractivity contribution in [2.24, 2.45) is 0 Å². The molecule has 1 rings (SSSR count). The van der Waals surface area contributed by atoms with Crippen LogP contribution in [0.1, 0.15) is 0 Å². The normalized spacial score (nSPS) is 8.00. The third-order valence-electron chi connectivity index (χ3n) is 1.22. The fourth-order valence-electron chi connectivity index (χ4n) is 0.746. The van der Waals surface area contributed by atoms with E-state index < -0.39 is 0 Å². The van der Waals surface area contributed by atoms with Gasteiger partial charge in [-0.1, -0.05) is 24.3 Å². The Morgan fingerprint density at radius 2 is 1.91 bits per heavy atom. The molecule has 1 N–H and O–H groups in total. The quantitative estimate of drug-likeness (QED) is 0.540. The van der Waals surface area contributed by atoms with Crippen molar-refractivity contribution in [1.29, 1.82) is 0 Å². The Morgan fingerprint density at radius 1 is 1.27 bits per heavy atom. The Hall–Kier alpha value is 0.0197. The van der Waals surface area contributed by atoms with Crippen LogP contribution in [0.5, 0.6) is 0 Å². The Morgan fingerprint density at radius 3 is 2.45 bits per heavy atom. The number of anilines is 1. The van der Waals surface area contributed by atoms with E-state index in [4.69, 9.17) is 0 Å². The summed E-state index contributed by atoms with van der Waals surface area (Å²) in [6.45, 7) is 4.44. The van der Waals surface area contributed by atoms with Crippen LogP contribution < -0.4 is 5.32 Å². The van der Waals surface area contributed by atoms with Crippen molar-refractivity contribution < 1.29 is 0 Å². The zero-order chi connectivity index (χ0) is 7.23. The Kier molecular flexibility index (Phi) is 6.72. The zero-order valence-electron chi connectivity index (χ0n) is 5.88. The van der Waals surface area contributed by atoms with Gasteiger partial charge in [-0.2, -0.15) is 0 Å². The molecule has 0 saturated heterocycles. The topological polar surface area (TPSA) is 12.0 Å². The van der Waals surface area contributed by atoms with E-state index in [1.54, 1.807) is 0 Å². The third kappa shape index (κ3) is 4.46. The average molecular weight is 175 g/mol. The van der Waals surface area contributed by atoms with Crippen molar-refractivity contribution in [3.8, 4) is 0 Å². The van der Waals surface area contributed by atoms with Gasteiger partial charge in [0.05, 0.1) is 0 Å². The molecule has 0 amide bonds. The molecule has 1 nitrogen and oxygen atoms in total.